The van der Waals surface area contributed by atoms with Crippen LogP contribution in [-0.2, 0) is 10.0 Å². The first-order valence-electron chi connectivity index (χ1n) is 6.75. The molecule has 0 aromatic carbocycles. The van der Waals surface area contributed by atoms with Gasteiger partial charge in [-0.3, -0.25) is 0 Å². The van der Waals surface area contributed by atoms with Gasteiger partial charge in [0.25, 0.3) is 0 Å². The molecular formula is C16H12F3NO2S. The third kappa shape index (κ3) is 2.72. The Kier molecular flexibility index (Phi) is 3.68. The zero-order chi connectivity index (χ0) is 16.7. The van der Waals surface area contributed by atoms with Crippen LogP contribution in [0.1, 0.15) is 11.5 Å². The van der Waals surface area contributed by atoms with Gasteiger partial charge >= 0.3 is 15.5 Å². The van der Waals surface area contributed by atoms with Crippen LogP contribution in [0.5, 0.6) is 0 Å². The van der Waals surface area contributed by atoms with E-state index >= 15 is 0 Å². The molecule has 0 spiro atoms. The molecule has 0 bridgehead atoms. The summed E-state index contributed by atoms with van der Waals surface area (Å²) in [6.45, 7) is 0. The molecule has 23 heavy (non-hydrogen) atoms. The van der Waals surface area contributed by atoms with Gasteiger partial charge in [-0.1, -0.05) is 54.6 Å². The molecular weight excluding hydrogens is 327 g/mol. The zero-order valence-electron chi connectivity index (χ0n) is 11.7. The predicted molar refractivity (Wildman–Crippen MR) is 80.9 cm³/mol. The van der Waals surface area contributed by atoms with Crippen molar-refractivity contribution in [2.45, 2.75) is 11.4 Å². The van der Waals surface area contributed by atoms with Crippen LogP contribution >= 0.6 is 0 Å². The fourth-order valence-electron chi connectivity index (χ4n) is 2.49. The van der Waals surface area contributed by atoms with Crippen LogP contribution in [0.4, 0.5) is 13.2 Å². The summed E-state index contributed by atoms with van der Waals surface area (Å²) in [7, 11) is -5.39. The SMILES string of the molecule is O=S(=O)(N1C=CC(c2ccc3cccccc2-3)C=C1)C(F)(F)F. The first-order chi connectivity index (χ1) is 10.8. The number of fused-ring (bicyclic) bond motifs is 1. The Morgan fingerprint density at radius 3 is 2.22 bits per heavy atom. The quantitative estimate of drug-likeness (QED) is 0.827. The number of hydrogen-bond donors (Lipinski definition) is 0. The molecule has 0 aromatic rings. The highest BCUT2D eigenvalue weighted by atomic mass is 32.2. The lowest BCUT2D eigenvalue weighted by molar-refractivity contribution is -0.0468. The van der Waals surface area contributed by atoms with Crippen molar-refractivity contribution < 1.29 is 21.6 Å². The van der Waals surface area contributed by atoms with Crippen LogP contribution in [0, 0.1) is 0 Å². The Morgan fingerprint density at radius 2 is 1.57 bits per heavy atom. The highest BCUT2D eigenvalue weighted by Crippen LogP contribution is 2.36. The standard InChI is InChI=1S/C16H12F3NO2S/c17-16(18,19)23(21,22)20-10-8-13(9-11-20)15-7-6-12-4-2-1-3-5-14(12)15/h1-11,13H. The van der Waals surface area contributed by atoms with Crippen LogP contribution in [0.2, 0.25) is 0 Å². The van der Waals surface area contributed by atoms with Gasteiger partial charge in [0.1, 0.15) is 0 Å². The number of sulfonamides is 1. The van der Waals surface area contributed by atoms with E-state index in [1.165, 1.54) is 12.2 Å². The number of halogens is 3. The largest absolute Gasteiger partial charge is 0.517 e. The van der Waals surface area contributed by atoms with E-state index in [9.17, 15) is 21.6 Å². The van der Waals surface area contributed by atoms with E-state index in [4.69, 9.17) is 0 Å². The molecule has 7 heteroatoms. The van der Waals surface area contributed by atoms with Gasteiger partial charge in [-0.05, 0) is 16.7 Å². The Labute approximate surface area is 131 Å². The van der Waals surface area contributed by atoms with Gasteiger partial charge < -0.3 is 0 Å². The van der Waals surface area contributed by atoms with Gasteiger partial charge in [0.2, 0.25) is 0 Å². The molecule has 0 aromatic heterocycles. The van der Waals surface area contributed by atoms with Gasteiger partial charge in [-0.15, -0.1) is 0 Å². The van der Waals surface area contributed by atoms with Crippen molar-refractivity contribution in [3.05, 3.63) is 72.6 Å². The Hall–Kier alpha value is -2.28. The second kappa shape index (κ2) is 5.42. The fraction of sp³-hybridized carbons (Fsp3) is 0.125. The average molecular weight is 339 g/mol. The van der Waals surface area contributed by atoms with Crippen molar-refractivity contribution in [3.8, 4) is 11.1 Å². The molecule has 0 fully saturated rings. The highest BCUT2D eigenvalue weighted by Gasteiger charge is 2.49. The molecule has 0 amide bonds. The monoisotopic (exact) mass is 339 g/mol. The fourth-order valence-corrected chi connectivity index (χ4v) is 3.19. The molecule has 2 aliphatic carbocycles. The lowest BCUT2D eigenvalue weighted by Gasteiger charge is -2.22. The Bertz CT molecular complexity index is 842. The summed E-state index contributed by atoms with van der Waals surface area (Å²) >= 11 is 0. The molecule has 1 aliphatic heterocycles. The normalized spacial score (nSPS) is 16.2. The summed E-state index contributed by atoms with van der Waals surface area (Å²) in [5.41, 5.74) is -2.43. The Balaban J connectivity index is 1.90. The Morgan fingerprint density at radius 1 is 0.913 bits per heavy atom. The molecule has 3 nitrogen and oxygen atoms in total. The molecule has 3 aliphatic rings. The summed E-state index contributed by atoms with van der Waals surface area (Å²) in [5.74, 6) is -0.283. The van der Waals surface area contributed by atoms with Crippen LogP contribution in [0.15, 0.2) is 67.0 Å². The van der Waals surface area contributed by atoms with E-state index in [1.807, 2.05) is 42.5 Å². The van der Waals surface area contributed by atoms with E-state index < -0.39 is 15.5 Å². The van der Waals surface area contributed by atoms with Crippen molar-refractivity contribution in [1.29, 1.82) is 0 Å². The minimum absolute atomic E-state index is 0.189. The molecule has 0 radical (unpaired) electrons. The smallest absolute Gasteiger partial charge is 0.246 e. The van der Waals surface area contributed by atoms with E-state index in [1.54, 1.807) is 0 Å². The molecule has 120 valence electrons. The minimum atomic E-state index is -5.39. The van der Waals surface area contributed by atoms with E-state index in [2.05, 4.69) is 0 Å². The summed E-state index contributed by atoms with van der Waals surface area (Å²) < 4.78 is 60.5. The van der Waals surface area contributed by atoms with Gasteiger partial charge in [0.05, 0.1) is 0 Å². The van der Waals surface area contributed by atoms with Crippen LogP contribution in [0.25, 0.3) is 11.1 Å². The number of allylic oxidation sites excluding steroid dienone is 2. The molecule has 0 unspecified atom stereocenters. The maximum atomic E-state index is 12.5. The summed E-state index contributed by atoms with van der Waals surface area (Å²) in [5, 5.41) is 0. The van der Waals surface area contributed by atoms with Crippen molar-refractivity contribution in [2.75, 3.05) is 0 Å². The molecule has 0 N–H and O–H groups in total. The number of alkyl halides is 3. The van der Waals surface area contributed by atoms with Gasteiger partial charge in [-0.2, -0.15) is 21.6 Å². The predicted octanol–water partition coefficient (Wildman–Crippen LogP) is 4.07. The van der Waals surface area contributed by atoms with Gasteiger partial charge in [0.15, 0.2) is 0 Å². The third-order valence-corrected chi connectivity index (χ3v) is 5.02. The van der Waals surface area contributed by atoms with Gasteiger partial charge in [-0.25, -0.2) is 4.31 Å². The number of hydrogen-bond acceptors (Lipinski definition) is 2. The van der Waals surface area contributed by atoms with Crippen LogP contribution < -0.4 is 0 Å². The summed E-state index contributed by atoms with van der Waals surface area (Å²) in [6.07, 6.45) is 4.75. The number of nitrogens with zero attached hydrogens (tertiary/aromatic N) is 1. The van der Waals surface area contributed by atoms with Crippen LogP contribution in [-0.4, -0.2) is 18.2 Å². The average Bonchev–Trinajstić information content (AvgIpc) is 2.75. The summed E-state index contributed by atoms with van der Waals surface area (Å²) in [4.78, 5) is 0. The molecule has 0 saturated heterocycles. The lowest BCUT2D eigenvalue weighted by atomic mass is 9.96. The minimum Gasteiger partial charge on any atom is -0.246 e. The van der Waals surface area contributed by atoms with Crippen molar-refractivity contribution in [1.82, 2.24) is 4.31 Å². The zero-order valence-corrected chi connectivity index (χ0v) is 12.6. The third-order valence-electron chi connectivity index (χ3n) is 3.64. The summed E-state index contributed by atoms with van der Waals surface area (Å²) in [6, 6.07) is 13.3. The first-order valence-corrected chi connectivity index (χ1v) is 8.19. The molecule has 3 rings (SSSR count). The lowest BCUT2D eigenvalue weighted by Crippen LogP contribution is -2.35. The van der Waals surface area contributed by atoms with Crippen molar-refractivity contribution >= 4 is 10.0 Å². The molecule has 0 atom stereocenters. The van der Waals surface area contributed by atoms with Crippen LogP contribution in [0.3, 0.4) is 0 Å². The second-order valence-corrected chi connectivity index (χ2v) is 6.89. The van der Waals surface area contributed by atoms with E-state index in [-0.39, 0.29) is 10.2 Å². The van der Waals surface area contributed by atoms with Crippen molar-refractivity contribution in [2.24, 2.45) is 0 Å². The second-order valence-electron chi connectivity index (χ2n) is 5.06. The van der Waals surface area contributed by atoms with E-state index in [0.29, 0.717) is 0 Å². The molecule has 0 saturated carbocycles. The topological polar surface area (TPSA) is 37.4 Å². The molecule has 1 heterocycles. The van der Waals surface area contributed by atoms with E-state index in [0.717, 1.165) is 29.1 Å². The maximum absolute atomic E-state index is 12.5. The highest BCUT2D eigenvalue weighted by molar-refractivity contribution is 7.90. The van der Waals surface area contributed by atoms with Crippen molar-refractivity contribution in [3.63, 3.8) is 0 Å². The number of rotatable bonds is 2. The first kappa shape index (κ1) is 15.6. The van der Waals surface area contributed by atoms with Gasteiger partial charge in [0, 0.05) is 18.3 Å². The maximum Gasteiger partial charge on any atom is 0.517 e.